The molecular formula is C21H24ClN5O2S. The van der Waals surface area contributed by atoms with E-state index < -0.39 is 0 Å². The highest BCUT2D eigenvalue weighted by Crippen LogP contribution is 2.44. The molecular weight excluding hydrogens is 422 g/mol. The number of hydrogen-bond donors (Lipinski definition) is 3. The van der Waals surface area contributed by atoms with Gasteiger partial charge in [0.2, 0.25) is 0 Å². The van der Waals surface area contributed by atoms with Crippen LogP contribution in [0.5, 0.6) is 0 Å². The molecule has 0 aliphatic carbocycles. The average molecular weight is 446 g/mol. The molecule has 9 heteroatoms. The van der Waals surface area contributed by atoms with Crippen molar-refractivity contribution >= 4 is 29.7 Å². The molecule has 7 nitrogen and oxygen atoms in total. The lowest BCUT2D eigenvalue weighted by atomic mass is 9.86. The zero-order valence-corrected chi connectivity index (χ0v) is 18.1. The summed E-state index contributed by atoms with van der Waals surface area (Å²) in [6.07, 6.45) is 2.79. The van der Waals surface area contributed by atoms with E-state index in [0.717, 1.165) is 49.4 Å². The highest BCUT2D eigenvalue weighted by Gasteiger charge is 2.41. The van der Waals surface area contributed by atoms with Gasteiger partial charge in [-0.15, -0.1) is 23.7 Å². The normalized spacial score (nSPS) is 17.2. The largest absolute Gasteiger partial charge is 0.369 e. The Labute approximate surface area is 185 Å². The van der Waals surface area contributed by atoms with Gasteiger partial charge in [-0.2, -0.15) is 5.10 Å². The number of amides is 1. The van der Waals surface area contributed by atoms with E-state index in [9.17, 15) is 4.79 Å². The van der Waals surface area contributed by atoms with Crippen molar-refractivity contribution in [2.24, 2.45) is 0 Å². The predicted octanol–water partition coefficient (Wildman–Crippen LogP) is 3.04. The first-order chi connectivity index (χ1) is 14.2. The molecule has 5 rings (SSSR count). The molecule has 2 aliphatic heterocycles. The van der Waals surface area contributed by atoms with Gasteiger partial charge in [0, 0.05) is 10.4 Å². The first-order valence-electron chi connectivity index (χ1n) is 9.96. The molecule has 30 heavy (non-hydrogen) atoms. The van der Waals surface area contributed by atoms with Crippen LogP contribution in [0.1, 0.15) is 38.8 Å². The molecule has 2 aliphatic rings. The van der Waals surface area contributed by atoms with Gasteiger partial charge in [-0.25, -0.2) is 4.98 Å². The molecule has 1 spiro atoms. The van der Waals surface area contributed by atoms with Crippen molar-refractivity contribution in [3.8, 4) is 11.4 Å². The molecule has 0 saturated carbocycles. The van der Waals surface area contributed by atoms with E-state index >= 15 is 0 Å². The number of carbonyl (C=O) groups excluding carboxylic acids is 1. The second kappa shape index (κ2) is 8.85. The third kappa shape index (κ3) is 4.00. The van der Waals surface area contributed by atoms with Crippen molar-refractivity contribution in [1.82, 2.24) is 25.8 Å². The standard InChI is InChI=1S/C21H23N5O2S.ClH/c27-20(23-13-17-24-19(26-25-17)14-4-2-1-3-5-14)16-12-15-6-11-28-21(18(15)29-16)7-9-22-10-8-21;/h1-5,12,22H,6-11,13H2,(H,23,27)(H,24,25,26);1H. The second-order valence-corrected chi connectivity index (χ2v) is 8.51. The maximum absolute atomic E-state index is 12.8. The third-order valence-corrected chi connectivity index (χ3v) is 6.95. The van der Waals surface area contributed by atoms with Crippen LogP contribution in [-0.4, -0.2) is 40.8 Å². The van der Waals surface area contributed by atoms with E-state index in [1.807, 2.05) is 36.4 Å². The van der Waals surface area contributed by atoms with Gasteiger partial charge in [-0.05, 0) is 44.0 Å². The first kappa shape index (κ1) is 21.0. The maximum Gasteiger partial charge on any atom is 0.261 e. The average Bonchev–Trinajstić information content (AvgIpc) is 3.42. The van der Waals surface area contributed by atoms with Gasteiger partial charge in [0.1, 0.15) is 11.4 Å². The Bertz CT molecular complexity index is 1010. The first-order valence-corrected chi connectivity index (χ1v) is 10.8. The van der Waals surface area contributed by atoms with Gasteiger partial charge in [-0.1, -0.05) is 30.3 Å². The SMILES string of the molecule is Cl.O=C(NCc1nc(-c2ccccc2)n[nH]1)c1cc2c(s1)C1(CCNCC1)OCC2. The van der Waals surface area contributed by atoms with Crippen molar-refractivity contribution < 1.29 is 9.53 Å². The molecule has 0 radical (unpaired) electrons. The topological polar surface area (TPSA) is 91.9 Å². The van der Waals surface area contributed by atoms with Crippen LogP contribution in [0, 0.1) is 0 Å². The minimum absolute atomic E-state index is 0. The summed E-state index contributed by atoms with van der Waals surface area (Å²) in [5.74, 6) is 1.19. The van der Waals surface area contributed by atoms with Crippen LogP contribution >= 0.6 is 23.7 Å². The number of halogens is 1. The molecule has 0 atom stereocenters. The molecule has 1 aromatic carbocycles. The van der Waals surface area contributed by atoms with Crippen molar-refractivity contribution in [2.45, 2.75) is 31.4 Å². The van der Waals surface area contributed by atoms with E-state index in [0.29, 0.717) is 18.2 Å². The summed E-state index contributed by atoms with van der Waals surface area (Å²) >= 11 is 1.57. The Hall–Kier alpha value is -2.26. The van der Waals surface area contributed by atoms with Crippen LogP contribution in [0.4, 0.5) is 0 Å². The number of hydrogen-bond acceptors (Lipinski definition) is 6. The number of fused-ring (bicyclic) bond motifs is 2. The zero-order chi connectivity index (χ0) is 19.7. The molecule has 3 N–H and O–H groups in total. The molecule has 158 valence electrons. The number of piperidine rings is 1. The minimum Gasteiger partial charge on any atom is -0.369 e. The molecule has 1 saturated heterocycles. The van der Waals surface area contributed by atoms with Crippen molar-refractivity contribution in [3.05, 3.63) is 57.5 Å². The van der Waals surface area contributed by atoms with Gasteiger partial charge in [-0.3, -0.25) is 9.89 Å². The fourth-order valence-corrected chi connectivity index (χ4v) is 5.40. The molecule has 1 fully saturated rings. The highest BCUT2D eigenvalue weighted by atomic mass is 35.5. The summed E-state index contributed by atoms with van der Waals surface area (Å²) in [6.45, 7) is 2.94. The van der Waals surface area contributed by atoms with Gasteiger partial charge in [0.15, 0.2) is 5.82 Å². The lowest BCUT2D eigenvalue weighted by molar-refractivity contribution is -0.0771. The van der Waals surface area contributed by atoms with Crippen molar-refractivity contribution in [1.29, 1.82) is 0 Å². The Morgan fingerprint density at radius 3 is 2.83 bits per heavy atom. The van der Waals surface area contributed by atoms with Gasteiger partial charge >= 0.3 is 0 Å². The Morgan fingerprint density at radius 1 is 1.23 bits per heavy atom. The summed E-state index contributed by atoms with van der Waals surface area (Å²) in [4.78, 5) is 19.2. The second-order valence-electron chi connectivity index (χ2n) is 7.46. The van der Waals surface area contributed by atoms with E-state index in [1.165, 1.54) is 10.4 Å². The number of benzene rings is 1. The summed E-state index contributed by atoms with van der Waals surface area (Å²) in [6, 6.07) is 11.8. The molecule has 4 heterocycles. The smallest absolute Gasteiger partial charge is 0.261 e. The van der Waals surface area contributed by atoms with Crippen LogP contribution in [0.3, 0.4) is 0 Å². The number of nitrogens with one attached hydrogen (secondary N) is 3. The highest BCUT2D eigenvalue weighted by molar-refractivity contribution is 7.14. The summed E-state index contributed by atoms with van der Waals surface area (Å²) in [5, 5.41) is 13.5. The van der Waals surface area contributed by atoms with E-state index in [1.54, 1.807) is 11.3 Å². The van der Waals surface area contributed by atoms with Gasteiger partial charge in [0.25, 0.3) is 5.91 Å². The van der Waals surface area contributed by atoms with Crippen LogP contribution in [0.15, 0.2) is 36.4 Å². The Kier molecular flexibility index (Phi) is 6.19. The zero-order valence-electron chi connectivity index (χ0n) is 16.4. The molecule has 2 aromatic heterocycles. The third-order valence-electron chi connectivity index (χ3n) is 5.59. The number of rotatable bonds is 4. The van der Waals surface area contributed by atoms with Crippen LogP contribution in [0.2, 0.25) is 0 Å². The molecule has 3 aromatic rings. The summed E-state index contributed by atoms with van der Waals surface area (Å²) in [5.41, 5.74) is 2.00. The number of aromatic nitrogens is 3. The Balaban J connectivity index is 0.00000218. The van der Waals surface area contributed by atoms with Gasteiger partial charge < -0.3 is 15.4 Å². The molecule has 0 bridgehead atoms. The van der Waals surface area contributed by atoms with Gasteiger partial charge in [0.05, 0.1) is 18.0 Å². The number of H-pyrrole nitrogens is 1. The van der Waals surface area contributed by atoms with Crippen LogP contribution in [-0.2, 0) is 23.3 Å². The van der Waals surface area contributed by atoms with Crippen LogP contribution in [0.25, 0.3) is 11.4 Å². The lowest BCUT2D eigenvalue weighted by Crippen LogP contribution is -2.43. The van der Waals surface area contributed by atoms with Crippen molar-refractivity contribution in [3.63, 3.8) is 0 Å². The number of aromatic amines is 1. The quantitative estimate of drug-likeness (QED) is 0.574. The number of carbonyl (C=O) groups is 1. The fraction of sp³-hybridized carbons (Fsp3) is 0.381. The maximum atomic E-state index is 12.8. The predicted molar refractivity (Wildman–Crippen MR) is 118 cm³/mol. The number of thiophene rings is 1. The lowest BCUT2D eigenvalue weighted by Gasteiger charge is -2.40. The number of ether oxygens (including phenoxy) is 1. The fourth-order valence-electron chi connectivity index (χ4n) is 4.08. The van der Waals surface area contributed by atoms with E-state index in [2.05, 4.69) is 25.8 Å². The monoisotopic (exact) mass is 445 g/mol. The van der Waals surface area contributed by atoms with E-state index in [4.69, 9.17) is 4.74 Å². The van der Waals surface area contributed by atoms with E-state index in [-0.39, 0.29) is 23.9 Å². The Morgan fingerprint density at radius 2 is 2.03 bits per heavy atom. The number of nitrogens with zero attached hydrogens (tertiary/aromatic N) is 2. The van der Waals surface area contributed by atoms with Crippen molar-refractivity contribution in [2.75, 3.05) is 19.7 Å². The van der Waals surface area contributed by atoms with Crippen LogP contribution < -0.4 is 10.6 Å². The molecule has 1 amide bonds. The summed E-state index contributed by atoms with van der Waals surface area (Å²) in [7, 11) is 0. The summed E-state index contributed by atoms with van der Waals surface area (Å²) < 4.78 is 6.22. The minimum atomic E-state index is -0.211. The molecule has 0 unspecified atom stereocenters.